The van der Waals surface area contributed by atoms with Gasteiger partial charge in [-0.1, -0.05) is 77.6 Å². The maximum Gasteiger partial charge on any atom is 0.420 e. The summed E-state index contributed by atoms with van der Waals surface area (Å²) in [7, 11) is 0. The molecule has 0 aromatic carbocycles. The van der Waals surface area contributed by atoms with Gasteiger partial charge in [0.2, 0.25) is 0 Å². The molecule has 1 heterocycles. The molecule has 26 heavy (non-hydrogen) atoms. The highest BCUT2D eigenvalue weighted by atomic mass is 79.9. The van der Waals surface area contributed by atoms with Crippen molar-refractivity contribution in [2.75, 3.05) is 0 Å². The van der Waals surface area contributed by atoms with Crippen molar-refractivity contribution < 1.29 is 9.53 Å². The molecule has 0 aliphatic carbocycles. The molecule has 0 radical (unpaired) electrons. The van der Waals surface area contributed by atoms with Crippen molar-refractivity contribution in [1.82, 2.24) is 4.57 Å². The Kier molecular flexibility index (Phi) is 13.5. The second kappa shape index (κ2) is 14.7. The Bertz CT molecular complexity index is 483. The molecule has 1 aromatic rings. The molecule has 1 atom stereocenters. The van der Waals surface area contributed by atoms with Gasteiger partial charge in [0, 0.05) is 0 Å². The summed E-state index contributed by atoms with van der Waals surface area (Å²) in [5, 5.41) is 0. The second-order valence-corrected chi connectivity index (χ2v) is 8.81. The van der Waals surface area contributed by atoms with E-state index in [1.807, 2.05) is 19.1 Å². The van der Waals surface area contributed by atoms with Crippen molar-refractivity contribution >= 4 is 38.0 Å². The maximum atomic E-state index is 12.2. The Morgan fingerprint density at radius 2 is 1.31 bits per heavy atom. The number of carbonyl (C=O) groups excluding carboxylic acids is 1. The molecule has 0 aliphatic rings. The summed E-state index contributed by atoms with van der Waals surface area (Å²) in [5.74, 6) is 0. The van der Waals surface area contributed by atoms with Gasteiger partial charge in [-0.2, -0.15) is 0 Å². The molecule has 3 nitrogen and oxygen atoms in total. The lowest BCUT2D eigenvalue weighted by Gasteiger charge is -2.14. The van der Waals surface area contributed by atoms with Crippen LogP contribution >= 0.6 is 31.9 Å². The zero-order valence-electron chi connectivity index (χ0n) is 16.4. The van der Waals surface area contributed by atoms with Gasteiger partial charge in [0.05, 0.1) is 9.21 Å². The van der Waals surface area contributed by atoms with E-state index < -0.39 is 0 Å². The quantitative estimate of drug-likeness (QED) is 0.244. The van der Waals surface area contributed by atoms with Gasteiger partial charge in [0.15, 0.2) is 0 Å². The van der Waals surface area contributed by atoms with Gasteiger partial charge in [-0.25, -0.2) is 9.36 Å². The van der Waals surface area contributed by atoms with Crippen LogP contribution in [0.5, 0.6) is 0 Å². The van der Waals surface area contributed by atoms with Gasteiger partial charge in [-0.3, -0.25) is 0 Å². The van der Waals surface area contributed by atoms with Gasteiger partial charge < -0.3 is 4.74 Å². The van der Waals surface area contributed by atoms with Gasteiger partial charge in [0.25, 0.3) is 0 Å². The summed E-state index contributed by atoms with van der Waals surface area (Å²) in [5.41, 5.74) is 0. The van der Waals surface area contributed by atoms with Crippen LogP contribution in [0.2, 0.25) is 0 Å². The van der Waals surface area contributed by atoms with Crippen LogP contribution in [0.3, 0.4) is 0 Å². The normalized spacial score (nSPS) is 12.3. The lowest BCUT2D eigenvalue weighted by atomic mass is 10.0. The van der Waals surface area contributed by atoms with E-state index >= 15 is 0 Å². The number of carbonyl (C=O) groups is 1. The van der Waals surface area contributed by atoms with Gasteiger partial charge in [0.1, 0.15) is 6.10 Å². The largest absolute Gasteiger partial charge is 0.446 e. The lowest BCUT2D eigenvalue weighted by Crippen LogP contribution is -2.20. The van der Waals surface area contributed by atoms with Crippen LogP contribution in [0, 0.1) is 0 Å². The van der Waals surface area contributed by atoms with Crippen molar-refractivity contribution in [2.24, 2.45) is 0 Å². The zero-order valence-corrected chi connectivity index (χ0v) is 19.6. The van der Waals surface area contributed by atoms with Crippen LogP contribution in [0.15, 0.2) is 21.3 Å². The number of hydrogen-bond acceptors (Lipinski definition) is 2. The molecule has 0 amide bonds. The summed E-state index contributed by atoms with van der Waals surface area (Å²) >= 11 is 6.71. The number of aromatic nitrogens is 1. The van der Waals surface area contributed by atoms with Gasteiger partial charge in [-0.05, 0) is 63.8 Å². The summed E-state index contributed by atoms with van der Waals surface area (Å²) < 4.78 is 8.41. The van der Waals surface area contributed by atoms with E-state index in [0.717, 1.165) is 12.8 Å². The van der Waals surface area contributed by atoms with Gasteiger partial charge in [-0.15, -0.1) is 0 Å². The molecule has 1 unspecified atom stereocenters. The fourth-order valence-corrected chi connectivity index (χ4v) is 4.29. The Morgan fingerprint density at radius 3 is 1.77 bits per heavy atom. The Labute approximate surface area is 176 Å². The van der Waals surface area contributed by atoms with E-state index in [1.54, 1.807) is 0 Å². The molecule has 0 N–H and O–H groups in total. The van der Waals surface area contributed by atoms with E-state index in [4.69, 9.17) is 4.74 Å². The summed E-state index contributed by atoms with van der Waals surface area (Å²) in [6.45, 7) is 4.24. The third-order valence-electron chi connectivity index (χ3n) is 4.73. The summed E-state index contributed by atoms with van der Waals surface area (Å²) in [4.78, 5) is 12.2. The van der Waals surface area contributed by atoms with Crippen molar-refractivity contribution in [3.8, 4) is 0 Å². The predicted octanol–water partition coefficient (Wildman–Crippen LogP) is 8.48. The molecular weight excluding hydrogens is 458 g/mol. The number of hydrogen-bond donors (Lipinski definition) is 0. The number of ether oxygens (including phenoxy) is 1. The monoisotopic (exact) mass is 491 g/mol. The van der Waals surface area contributed by atoms with E-state index in [0.29, 0.717) is 9.21 Å². The fourth-order valence-electron chi connectivity index (χ4n) is 3.12. The highest BCUT2D eigenvalue weighted by Crippen LogP contribution is 2.21. The predicted molar refractivity (Wildman–Crippen MR) is 117 cm³/mol. The molecule has 1 rings (SSSR count). The first-order valence-corrected chi connectivity index (χ1v) is 11.9. The minimum atomic E-state index is -0.333. The number of nitrogens with zero attached hydrogens (tertiary/aromatic N) is 1. The lowest BCUT2D eigenvalue weighted by molar-refractivity contribution is 0.101. The van der Waals surface area contributed by atoms with E-state index in [1.165, 1.54) is 75.2 Å². The topological polar surface area (TPSA) is 31.2 Å². The smallest absolute Gasteiger partial charge is 0.420 e. The average Bonchev–Trinajstić information content (AvgIpc) is 2.94. The Balaban J connectivity index is 1.97. The van der Waals surface area contributed by atoms with Crippen molar-refractivity contribution in [2.45, 2.75) is 103 Å². The highest BCUT2D eigenvalue weighted by molar-refractivity contribution is 9.11. The first kappa shape index (κ1) is 23.7. The van der Waals surface area contributed by atoms with Crippen LogP contribution in [-0.4, -0.2) is 16.8 Å². The highest BCUT2D eigenvalue weighted by Gasteiger charge is 2.16. The van der Waals surface area contributed by atoms with Crippen molar-refractivity contribution in [3.05, 3.63) is 21.3 Å². The fraction of sp³-hybridized carbons (Fsp3) is 0.762. The summed E-state index contributed by atoms with van der Waals surface area (Å²) in [6, 6.07) is 3.64. The first-order chi connectivity index (χ1) is 12.6. The van der Waals surface area contributed by atoms with Crippen molar-refractivity contribution in [3.63, 3.8) is 0 Å². The second-order valence-electron chi connectivity index (χ2n) is 7.19. The standard InChI is InChI=1S/C21H35Br2NO2/c1-3-4-5-6-7-8-9-10-11-12-13-14-15-18(2)26-21(25)24-19(22)16-17-20(24)23/h16-18H,3-15H2,1-2H3. The molecule has 0 saturated carbocycles. The van der Waals surface area contributed by atoms with Crippen LogP contribution in [0.4, 0.5) is 4.79 Å². The number of unbranched alkanes of at least 4 members (excludes halogenated alkanes) is 11. The Hall–Kier alpha value is -0.290. The summed E-state index contributed by atoms with van der Waals surface area (Å²) in [6.07, 6.45) is 16.7. The molecule has 0 spiro atoms. The minimum absolute atomic E-state index is 0.0492. The minimum Gasteiger partial charge on any atom is -0.446 e. The van der Waals surface area contributed by atoms with E-state index in [2.05, 4.69) is 38.8 Å². The molecular formula is C21H35Br2NO2. The molecule has 150 valence electrons. The maximum absolute atomic E-state index is 12.2. The van der Waals surface area contributed by atoms with Crippen LogP contribution in [-0.2, 0) is 4.74 Å². The molecule has 0 saturated heterocycles. The van der Waals surface area contributed by atoms with Crippen molar-refractivity contribution in [1.29, 1.82) is 0 Å². The Morgan fingerprint density at radius 1 is 0.885 bits per heavy atom. The number of rotatable bonds is 14. The molecule has 1 aromatic heterocycles. The average molecular weight is 493 g/mol. The van der Waals surface area contributed by atoms with Gasteiger partial charge >= 0.3 is 6.09 Å². The molecule has 0 fully saturated rings. The van der Waals surface area contributed by atoms with Crippen LogP contribution in [0.25, 0.3) is 0 Å². The number of halogens is 2. The SMILES string of the molecule is CCCCCCCCCCCCCCC(C)OC(=O)n1c(Br)ccc1Br. The van der Waals surface area contributed by atoms with E-state index in [-0.39, 0.29) is 12.2 Å². The van der Waals surface area contributed by atoms with E-state index in [9.17, 15) is 4.79 Å². The first-order valence-electron chi connectivity index (χ1n) is 10.3. The molecule has 5 heteroatoms. The zero-order chi connectivity index (χ0) is 19.2. The molecule has 0 bridgehead atoms. The molecule has 0 aliphatic heterocycles. The third-order valence-corrected chi connectivity index (χ3v) is 5.97. The van der Waals surface area contributed by atoms with Crippen LogP contribution < -0.4 is 0 Å². The van der Waals surface area contributed by atoms with Crippen LogP contribution in [0.1, 0.15) is 97.3 Å². The third kappa shape index (κ3) is 10.1.